The average molecular weight is 583 g/mol. The van der Waals surface area contributed by atoms with E-state index in [0.717, 1.165) is 10.1 Å². The molecular formula is C29H28Cl2N4O5. The van der Waals surface area contributed by atoms with Crippen LogP contribution in [-0.2, 0) is 29.5 Å². The molecule has 4 aromatic rings. The normalized spacial score (nSPS) is 11.8. The van der Waals surface area contributed by atoms with E-state index in [-0.39, 0.29) is 28.6 Å². The Morgan fingerprint density at radius 1 is 0.975 bits per heavy atom. The standard InChI is InChI=1S/C29H28Cl2N4O5/c1-4-40-28(38)23(33-26(36)25-21(30)6-5-7-22(25)31)15-17-8-11-19(12-9-17)35-27(37)20-14-18(16-32-2)10-13-24(20)34(3)29(35)39/h5-14,23,32H,4,15-16H2,1-3H3,(H,33,36)/t23-/m0/s1. The number of ether oxygens (including phenoxy) is 1. The van der Waals surface area contributed by atoms with Crippen LogP contribution in [0.2, 0.25) is 10.0 Å². The van der Waals surface area contributed by atoms with E-state index in [2.05, 4.69) is 10.6 Å². The van der Waals surface area contributed by atoms with Crippen molar-refractivity contribution in [2.24, 2.45) is 7.05 Å². The van der Waals surface area contributed by atoms with Crippen LogP contribution >= 0.6 is 23.2 Å². The third kappa shape index (κ3) is 5.96. The van der Waals surface area contributed by atoms with E-state index in [4.69, 9.17) is 27.9 Å². The van der Waals surface area contributed by atoms with Gasteiger partial charge in [-0.25, -0.2) is 14.2 Å². The Labute approximate surface area is 240 Å². The van der Waals surface area contributed by atoms with Gasteiger partial charge in [-0.05, 0) is 61.5 Å². The fourth-order valence-corrected chi connectivity index (χ4v) is 5.02. The summed E-state index contributed by atoms with van der Waals surface area (Å²) in [5.41, 5.74) is 1.62. The van der Waals surface area contributed by atoms with Gasteiger partial charge in [-0.2, -0.15) is 0 Å². The molecular weight excluding hydrogens is 555 g/mol. The number of carbonyl (C=O) groups excluding carboxylic acids is 2. The number of fused-ring (bicyclic) bond motifs is 1. The highest BCUT2D eigenvalue weighted by Gasteiger charge is 2.25. The van der Waals surface area contributed by atoms with Crippen LogP contribution < -0.4 is 21.9 Å². The first-order valence-corrected chi connectivity index (χ1v) is 13.3. The van der Waals surface area contributed by atoms with Gasteiger partial charge in [-0.1, -0.05) is 47.5 Å². The van der Waals surface area contributed by atoms with Crippen LogP contribution in [0.25, 0.3) is 16.6 Å². The van der Waals surface area contributed by atoms with Crippen molar-refractivity contribution >= 4 is 46.0 Å². The smallest absolute Gasteiger partial charge is 0.335 e. The molecule has 3 aromatic carbocycles. The van der Waals surface area contributed by atoms with Crippen LogP contribution in [0.4, 0.5) is 0 Å². The highest BCUT2D eigenvalue weighted by Crippen LogP contribution is 2.24. The molecule has 1 atom stereocenters. The second-order valence-electron chi connectivity index (χ2n) is 9.11. The summed E-state index contributed by atoms with van der Waals surface area (Å²) in [6.45, 7) is 2.37. The Balaban J connectivity index is 1.65. The summed E-state index contributed by atoms with van der Waals surface area (Å²) in [7, 11) is 3.43. The van der Waals surface area contributed by atoms with Crippen LogP contribution in [0.5, 0.6) is 0 Å². The zero-order valence-electron chi connectivity index (χ0n) is 22.2. The maximum absolute atomic E-state index is 13.4. The van der Waals surface area contributed by atoms with Gasteiger partial charge in [-0.3, -0.25) is 14.2 Å². The molecule has 0 fully saturated rings. The largest absolute Gasteiger partial charge is 0.464 e. The number of esters is 1. The minimum atomic E-state index is -1.03. The number of nitrogens with one attached hydrogen (secondary N) is 2. The van der Waals surface area contributed by atoms with Crippen molar-refractivity contribution in [2.75, 3.05) is 13.7 Å². The summed E-state index contributed by atoms with van der Waals surface area (Å²) < 4.78 is 7.71. The number of benzene rings is 3. The van der Waals surface area contributed by atoms with Gasteiger partial charge >= 0.3 is 11.7 Å². The highest BCUT2D eigenvalue weighted by molar-refractivity contribution is 6.39. The third-order valence-electron chi connectivity index (χ3n) is 6.42. The number of amides is 1. The van der Waals surface area contributed by atoms with E-state index in [9.17, 15) is 19.2 Å². The van der Waals surface area contributed by atoms with E-state index < -0.39 is 29.2 Å². The molecule has 0 aliphatic carbocycles. The van der Waals surface area contributed by atoms with Crippen LogP contribution in [0.3, 0.4) is 0 Å². The summed E-state index contributed by atoms with van der Waals surface area (Å²) in [6.07, 6.45) is 0.0882. The number of aromatic nitrogens is 2. The number of rotatable bonds is 9. The number of nitrogens with zero attached hydrogens (tertiary/aromatic N) is 2. The molecule has 0 saturated heterocycles. The first-order valence-electron chi connectivity index (χ1n) is 12.6. The quantitative estimate of drug-likeness (QED) is 0.292. The zero-order valence-corrected chi connectivity index (χ0v) is 23.7. The molecule has 4 rings (SSSR count). The summed E-state index contributed by atoms with van der Waals surface area (Å²) >= 11 is 12.3. The highest BCUT2D eigenvalue weighted by atomic mass is 35.5. The van der Waals surface area contributed by atoms with Crippen molar-refractivity contribution in [3.8, 4) is 5.69 Å². The Kier molecular flexibility index (Phi) is 9.09. The van der Waals surface area contributed by atoms with E-state index in [1.807, 2.05) is 13.1 Å². The molecule has 9 nitrogen and oxygen atoms in total. The molecule has 1 amide bonds. The SMILES string of the molecule is CCOC(=O)[C@H](Cc1ccc(-n2c(=O)c3cc(CNC)ccc3n(C)c2=O)cc1)NC(=O)c1c(Cl)cccc1Cl. The van der Waals surface area contributed by atoms with Gasteiger partial charge in [0.05, 0.1) is 38.8 Å². The maximum Gasteiger partial charge on any atom is 0.335 e. The van der Waals surface area contributed by atoms with Crippen molar-refractivity contribution in [1.29, 1.82) is 0 Å². The molecule has 11 heteroatoms. The lowest BCUT2D eigenvalue weighted by atomic mass is 10.0. The molecule has 208 valence electrons. The van der Waals surface area contributed by atoms with Gasteiger partial charge in [0.25, 0.3) is 11.5 Å². The molecule has 0 saturated carbocycles. The molecule has 0 aliphatic heterocycles. The van der Waals surface area contributed by atoms with Crippen LogP contribution in [0.1, 0.15) is 28.4 Å². The minimum absolute atomic E-state index is 0.0554. The predicted molar refractivity (Wildman–Crippen MR) is 156 cm³/mol. The van der Waals surface area contributed by atoms with Crippen molar-refractivity contribution in [2.45, 2.75) is 25.9 Å². The molecule has 1 aromatic heterocycles. The van der Waals surface area contributed by atoms with E-state index in [1.165, 1.54) is 16.7 Å². The lowest BCUT2D eigenvalue weighted by Crippen LogP contribution is -2.43. The molecule has 0 aliphatic rings. The van der Waals surface area contributed by atoms with Gasteiger partial charge < -0.3 is 15.4 Å². The average Bonchev–Trinajstić information content (AvgIpc) is 2.92. The number of hydrogen-bond donors (Lipinski definition) is 2. The van der Waals surface area contributed by atoms with Gasteiger partial charge in [0.15, 0.2) is 0 Å². The molecule has 1 heterocycles. The van der Waals surface area contributed by atoms with Crippen LogP contribution in [0, 0.1) is 0 Å². The lowest BCUT2D eigenvalue weighted by molar-refractivity contribution is -0.145. The Bertz CT molecular complexity index is 1680. The van der Waals surface area contributed by atoms with Crippen LogP contribution in [0.15, 0.2) is 70.3 Å². The number of carbonyl (C=O) groups is 2. The van der Waals surface area contributed by atoms with Gasteiger partial charge in [0.2, 0.25) is 0 Å². The van der Waals surface area contributed by atoms with Gasteiger partial charge in [0, 0.05) is 20.0 Å². The fourth-order valence-electron chi connectivity index (χ4n) is 4.45. The second-order valence-corrected chi connectivity index (χ2v) is 9.92. The first-order chi connectivity index (χ1) is 19.2. The monoisotopic (exact) mass is 582 g/mol. The van der Waals surface area contributed by atoms with Crippen molar-refractivity contribution in [3.63, 3.8) is 0 Å². The number of halogens is 2. The molecule has 40 heavy (non-hydrogen) atoms. The van der Waals surface area contributed by atoms with Crippen LogP contribution in [-0.4, -0.2) is 40.7 Å². The van der Waals surface area contributed by atoms with Gasteiger partial charge in [0.1, 0.15) is 6.04 Å². The number of hydrogen-bond acceptors (Lipinski definition) is 6. The van der Waals surface area contributed by atoms with E-state index in [1.54, 1.807) is 56.4 Å². The Morgan fingerprint density at radius 3 is 2.25 bits per heavy atom. The summed E-state index contributed by atoms with van der Waals surface area (Å²) in [5.74, 6) is -1.24. The third-order valence-corrected chi connectivity index (χ3v) is 7.05. The van der Waals surface area contributed by atoms with E-state index >= 15 is 0 Å². The van der Waals surface area contributed by atoms with Crippen molar-refractivity contribution in [1.82, 2.24) is 19.8 Å². The fraction of sp³-hybridized carbons (Fsp3) is 0.241. The first kappa shape index (κ1) is 29.1. The second kappa shape index (κ2) is 12.5. The molecule has 2 N–H and O–H groups in total. The maximum atomic E-state index is 13.4. The lowest BCUT2D eigenvalue weighted by Gasteiger charge is -2.18. The summed E-state index contributed by atoms with van der Waals surface area (Å²) in [6, 6.07) is 15.7. The van der Waals surface area contributed by atoms with Crippen molar-refractivity contribution < 1.29 is 14.3 Å². The zero-order chi connectivity index (χ0) is 29.0. The number of aryl methyl sites for hydroxylation is 1. The van der Waals surface area contributed by atoms with E-state index in [0.29, 0.717) is 28.7 Å². The molecule has 0 spiro atoms. The minimum Gasteiger partial charge on any atom is -0.464 e. The predicted octanol–water partition coefficient (Wildman–Crippen LogP) is 3.62. The molecule has 0 unspecified atom stereocenters. The van der Waals surface area contributed by atoms with Crippen molar-refractivity contribution in [3.05, 3.63) is 108 Å². The topological polar surface area (TPSA) is 111 Å². The summed E-state index contributed by atoms with van der Waals surface area (Å²) in [4.78, 5) is 52.2. The van der Waals surface area contributed by atoms with Gasteiger partial charge in [-0.15, -0.1) is 0 Å². The molecule has 0 bridgehead atoms. The summed E-state index contributed by atoms with van der Waals surface area (Å²) in [5, 5.41) is 6.43. The Hall–Kier alpha value is -3.92. The molecule has 0 radical (unpaired) electrons. The Morgan fingerprint density at radius 2 is 1.62 bits per heavy atom.